The molecule has 0 aromatic carbocycles. The van der Waals surface area contributed by atoms with Gasteiger partial charge in [0.2, 0.25) is 11.8 Å². The largest absolute Gasteiger partial charge is 0.481 e. The molecule has 116 valence electrons. The summed E-state index contributed by atoms with van der Waals surface area (Å²) in [5, 5.41) is 12.9. The highest BCUT2D eigenvalue weighted by Gasteiger charge is 2.36. The number of aryl methyl sites for hydroxylation is 1. The van der Waals surface area contributed by atoms with Gasteiger partial charge < -0.3 is 14.5 Å². The van der Waals surface area contributed by atoms with E-state index in [0.29, 0.717) is 24.7 Å². The maximum atomic E-state index is 12.1. The molecule has 7 nitrogen and oxygen atoms in total. The number of carboxylic acids is 1. The van der Waals surface area contributed by atoms with Crippen molar-refractivity contribution in [2.75, 3.05) is 13.1 Å². The van der Waals surface area contributed by atoms with Crippen molar-refractivity contribution in [3.8, 4) is 0 Å². The van der Waals surface area contributed by atoms with Crippen LogP contribution < -0.4 is 0 Å². The molecule has 21 heavy (non-hydrogen) atoms. The number of nitrogens with zero attached hydrogens (tertiary/aromatic N) is 3. The zero-order valence-corrected chi connectivity index (χ0v) is 12.6. The van der Waals surface area contributed by atoms with Gasteiger partial charge in [-0.2, -0.15) is 4.98 Å². The van der Waals surface area contributed by atoms with Crippen molar-refractivity contribution >= 4 is 11.9 Å². The minimum atomic E-state index is -0.837. The van der Waals surface area contributed by atoms with Gasteiger partial charge >= 0.3 is 5.97 Å². The lowest BCUT2D eigenvalue weighted by Crippen LogP contribution is -2.30. The van der Waals surface area contributed by atoms with Crippen LogP contribution in [0.15, 0.2) is 4.52 Å². The number of likely N-dealkylation sites (tertiary alicyclic amines) is 1. The fourth-order valence-electron chi connectivity index (χ4n) is 2.47. The van der Waals surface area contributed by atoms with Crippen molar-refractivity contribution < 1.29 is 19.2 Å². The van der Waals surface area contributed by atoms with Crippen LogP contribution in [0, 0.1) is 11.8 Å². The maximum absolute atomic E-state index is 12.1. The van der Waals surface area contributed by atoms with Crippen molar-refractivity contribution in [1.82, 2.24) is 15.0 Å². The molecule has 7 heteroatoms. The third-order valence-corrected chi connectivity index (χ3v) is 3.84. The average molecular weight is 295 g/mol. The molecule has 1 saturated heterocycles. The third kappa shape index (κ3) is 3.59. The van der Waals surface area contributed by atoms with E-state index >= 15 is 0 Å². The Morgan fingerprint density at radius 1 is 1.43 bits per heavy atom. The summed E-state index contributed by atoms with van der Waals surface area (Å²) in [7, 11) is 0. The highest BCUT2D eigenvalue weighted by molar-refractivity contribution is 5.79. The van der Waals surface area contributed by atoms with Gasteiger partial charge in [-0.1, -0.05) is 25.9 Å². The molecule has 0 spiro atoms. The second-order valence-corrected chi connectivity index (χ2v) is 5.92. The lowest BCUT2D eigenvalue weighted by atomic mass is 9.99. The molecule has 2 heterocycles. The minimum Gasteiger partial charge on any atom is -0.481 e. The zero-order valence-electron chi connectivity index (χ0n) is 12.6. The first-order valence-corrected chi connectivity index (χ1v) is 7.21. The van der Waals surface area contributed by atoms with Crippen LogP contribution in [0.25, 0.3) is 0 Å². The maximum Gasteiger partial charge on any atom is 0.308 e. The van der Waals surface area contributed by atoms with Crippen LogP contribution in [0.5, 0.6) is 0 Å². The van der Waals surface area contributed by atoms with Crippen molar-refractivity contribution in [2.24, 2.45) is 11.8 Å². The van der Waals surface area contributed by atoms with Crippen LogP contribution in [0.4, 0.5) is 0 Å². The number of aromatic nitrogens is 2. The minimum absolute atomic E-state index is 0.0117. The summed E-state index contributed by atoms with van der Waals surface area (Å²) < 4.78 is 5.09. The van der Waals surface area contributed by atoms with Crippen molar-refractivity contribution in [1.29, 1.82) is 0 Å². The molecule has 0 radical (unpaired) electrons. The summed E-state index contributed by atoms with van der Waals surface area (Å²) in [6, 6.07) is 0. The Labute approximate surface area is 123 Å². The summed E-state index contributed by atoms with van der Waals surface area (Å²) >= 11 is 0. The molecule has 1 N–H and O–H groups in total. The molecular formula is C14H21N3O4. The van der Waals surface area contributed by atoms with Crippen LogP contribution in [0.1, 0.15) is 44.8 Å². The first kappa shape index (κ1) is 15.5. The molecule has 0 unspecified atom stereocenters. The number of amides is 1. The average Bonchev–Trinajstić information content (AvgIpc) is 3.02. The van der Waals surface area contributed by atoms with E-state index in [9.17, 15) is 9.59 Å². The number of carbonyl (C=O) groups excluding carboxylic acids is 1. The van der Waals surface area contributed by atoms with Crippen LogP contribution in [-0.2, 0) is 16.0 Å². The van der Waals surface area contributed by atoms with Gasteiger partial charge in [0.1, 0.15) is 0 Å². The lowest BCUT2D eigenvalue weighted by molar-refractivity contribution is -0.142. The molecule has 1 aromatic heterocycles. The lowest BCUT2D eigenvalue weighted by Gasteiger charge is -2.15. The van der Waals surface area contributed by atoms with Gasteiger partial charge in [0.15, 0.2) is 5.82 Å². The van der Waals surface area contributed by atoms with Gasteiger partial charge in [0.05, 0.1) is 5.92 Å². The standard InChI is InChI=1S/C14H21N3O4/c1-8(2)13-15-11(21-16-13)4-5-12(18)17-6-9(3)10(7-17)14(19)20/h8-10H,4-7H2,1-3H3,(H,19,20)/t9-,10-/m1/s1. The highest BCUT2D eigenvalue weighted by Crippen LogP contribution is 2.24. The molecule has 1 aromatic rings. The number of hydrogen-bond donors (Lipinski definition) is 1. The number of hydrogen-bond acceptors (Lipinski definition) is 5. The van der Waals surface area contributed by atoms with Crippen molar-refractivity contribution in [3.63, 3.8) is 0 Å². The second kappa shape index (κ2) is 6.24. The van der Waals surface area contributed by atoms with Gasteiger partial charge in [-0.25, -0.2) is 0 Å². The Balaban J connectivity index is 1.86. The first-order valence-electron chi connectivity index (χ1n) is 7.21. The topological polar surface area (TPSA) is 96.5 Å². The van der Waals surface area contributed by atoms with E-state index in [1.165, 1.54) is 0 Å². The van der Waals surface area contributed by atoms with Gasteiger partial charge in [-0.05, 0) is 5.92 Å². The van der Waals surface area contributed by atoms with Gasteiger partial charge in [-0.15, -0.1) is 0 Å². The molecule has 2 atom stereocenters. The van der Waals surface area contributed by atoms with E-state index in [-0.39, 0.29) is 30.7 Å². The van der Waals surface area contributed by atoms with E-state index in [2.05, 4.69) is 10.1 Å². The van der Waals surface area contributed by atoms with E-state index in [0.717, 1.165) is 0 Å². The molecule has 1 aliphatic rings. The fourth-order valence-corrected chi connectivity index (χ4v) is 2.47. The molecule has 1 aliphatic heterocycles. The van der Waals surface area contributed by atoms with Crippen LogP contribution >= 0.6 is 0 Å². The van der Waals surface area contributed by atoms with E-state index in [1.54, 1.807) is 4.90 Å². The smallest absolute Gasteiger partial charge is 0.308 e. The molecule has 1 amide bonds. The predicted molar refractivity (Wildman–Crippen MR) is 73.6 cm³/mol. The van der Waals surface area contributed by atoms with Gasteiger partial charge in [-0.3, -0.25) is 9.59 Å². The SMILES string of the molecule is CC(C)c1noc(CCC(=O)N2C[C@@H](C)[C@H](C(=O)O)C2)n1. The Morgan fingerprint density at radius 3 is 2.67 bits per heavy atom. The third-order valence-electron chi connectivity index (χ3n) is 3.84. The second-order valence-electron chi connectivity index (χ2n) is 5.92. The molecule has 0 saturated carbocycles. The van der Waals surface area contributed by atoms with E-state index in [1.807, 2.05) is 20.8 Å². The van der Waals surface area contributed by atoms with Crippen molar-refractivity contribution in [3.05, 3.63) is 11.7 Å². The fraction of sp³-hybridized carbons (Fsp3) is 0.714. The summed E-state index contributed by atoms with van der Waals surface area (Å²) in [6.07, 6.45) is 0.653. The molecule has 2 rings (SSSR count). The van der Waals surface area contributed by atoms with Gasteiger partial charge in [0, 0.05) is 31.8 Å². The summed E-state index contributed by atoms with van der Waals surface area (Å²) in [5.41, 5.74) is 0. The molecule has 0 bridgehead atoms. The summed E-state index contributed by atoms with van der Waals surface area (Å²) in [4.78, 5) is 29.0. The van der Waals surface area contributed by atoms with Crippen LogP contribution in [-0.4, -0.2) is 45.1 Å². The van der Waals surface area contributed by atoms with Crippen LogP contribution in [0.3, 0.4) is 0 Å². The number of carboxylic acid groups (broad SMARTS) is 1. The number of carbonyl (C=O) groups is 2. The number of rotatable bonds is 5. The Morgan fingerprint density at radius 2 is 2.14 bits per heavy atom. The summed E-state index contributed by atoms with van der Waals surface area (Å²) in [5.74, 6) is -0.0975. The number of aliphatic carboxylic acids is 1. The quantitative estimate of drug-likeness (QED) is 0.879. The van der Waals surface area contributed by atoms with E-state index < -0.39 is 11.9 Å². The first-order chi connectivity index (χ1) is 9.88. The van der Waals surface area contributed by atoms with Crippen molar-refractivity contribution in [2.45, 2.75) is 39.5 Å². The molecule has 0 aliphatic carbocycles. The Kier molecular flexibility index (Phi) is 4.59. The summed E-state index contributed by atoms with van der Waals surface area (Å²) in [6.45, 7) is 6.58. The predicted octanol–water partition coefficient (Wildman–Crippen LogP) is 1.30. The Bertz CT molecular complexity index is 526. The normalized spacial score (nSPS) is 22.0. The zero-order chi connectivity index (χ0) is 15.6. The highest BCUT2D eigenvalue weighted by atomic mass is 16.5. The molecule has 1 fully saturated rings. The Hall–Kier alpha value is -1.92. The van der Waals surface area contributed by atoms with E-state index in [4.69, 9.17) is 9.63 Å². The van der Waals surface area contributed by atoms with Gasteiger partial charge in [0.25, 0.3) is 0 Å². The molecular weight excluding hydrogens is 274 g/mol. The van der Waals surface area contributed by atoms with Crippen LogP contribution in [0.2, 0.25) is 0 Å². The monoisotopic (exact) mass is 295 g/mol.